The number of carbonyl (C=O) groups is 1. The molecule has 0 saturated heterocycles. The monoisotopic (exact) mass is 188 g/mol. The van der Waals surface area contributed by atoms with Crippen LogP contribution < -0.4 is 5.32 Å². The highest BCUT2D eigenvalue weighted by molar-refractivity contribution is 5.77. The van der Waals surface area contributed by atoms with Gasteiger partial charge in [-0.05, 0) is 5.92 Å². The molecule has 0 aromatic carbocycles. The van der Waals surface area contributed by atoms with Crippen molar-refractivity contribution in [3.63, 3.8) is 0 Å². The van der Waals surface area contributed by atoms with Crippen molar-refractivity contribution in [2.75, 3.05) is 27.2 Å². The molecule has 0 heterocycles. The Labute approximate surface area is 79.9 Å². The topological polar surface area (TPSA) is 52.6 Å². The molecule has 0 radical (unpaired) electrons. The fourth-order valence-electron chi connectivity index (χ4n) is 0.888. The van der Waals surface area contributed by atoms with Gasteiger partial charge in [0, 0.05) is 20.1 Å². The molecule has 0 bridgehead atoms. The summed E-state index contributed by atoms with van der Waals surface area (Å²) in [6.07, 6.45) is 0. The maximum absolute atomic E-state index is 11.2. The molecule has 0 aromatic rings. The Morgan fingerprint density at radius 1 is 1.46 bits per heavy atom. The van der Waals surface area contributed by atoms with Gasteiger partial charge in [0.25, 0.3) is 0 Å². The minimum absolute atomic E-state index is 0.00361. The van der Waals surface area contributed by atoms with Gasteiger partial charge in [0.2, 0.25) is 5.91 Å². The molecule has 0 spiro atoms. The summed E-state index contributed by atoms with van der Waals surface area (Å²) >= 11 is 0. The highest BCUT2D eigenvalue weighted by Gasteiger charge is 2.13. The largest absolute Gasteiger partial charge is 0.395 e. The highest BCUT2D eigenvalue weighted by atomic mass is 16.3. The van der Waals surface area contributed by atoms with Crippen LogP contribution in [0.2, 0.25) is 0 Å². The van der Waals surface area contributed by atoms with Gasteiger partial charge < -0.3 is 15.3 Å². The predicted octanol–water partition coefficient (Wildman–Crippen LogP) is -0.319. The maximum Gasteiger partial charge on any atom is 0.236 e. The van der Waals surface area contributed by atoms with Gasteiger partial charge in [0.15, 0.2) is 0 Å². The van der Waals surface area contributed by atoms with E-state index in [2.05, 4.69) is 5.32 Å². The van der Waals surface area contributed by atoms with Crippen LogP contribution in [0.3, 0.4) is 0 Å². The molecule has 0 rings (SSSR count). The van der Waals surface area contributed by atoms with Gasteiger partial charge in [-0.15, -0.1) is 0 Å². The van der Waals surface area contributed by atoms with Gasteiger partial charge in [-0.2, -0.15) is 0 Å². The van der Waals surface area contributed by atoms with Crippen LogP contribution in [0, 0.1) is 5.92 Å². The van der Waals surface area contributed by atoms with Crippen molar-refractivity contribution in [2.45, 2.75) is 19.9 Å². The van der Waals surface area contributed by atoms with Crippen molar-refractivity contribution < 1.29 is 9.90 Å². The lowest BCUT2D eigenvalue weighted by Gasteiger charge is -2.20. The minimum atomic E-state index is 0.00361. The van der Waals surface area contributed by atoms with Gasteiger partial charge >= 0.3 is 0 Å². The number of nitrogens with one attached hydrogen (secondary N) is 1. The van der Waals surface area contributed by atoms with Crippen LogP contribution in [-0.4, -0.2) is 49.2 Å². The van der Waals surface area contributed by atoms with Crippen molar-refractivity contribution >= 4 is 5.91 Å². The van der Waals surface area contributed by atoms with Crippen LogP contribution in [0.5, 0.6) is 0 Å². The van der Waals surface area contributed by atoms with Crippen LogP contribution in [0.1, 0.15) is 13.8 Å². The van der Waals surface area contributed by atoms with Crippen molar-refractivity contribution in [1.82, 2.24) is 10.2 Å². The average Bonchev–Trinajstić information content (AvgIpc) is 2.04. The first kappa shape index (κ1) is 12.4. The average molecular weight is 188 g/mol. The highest BCUT2D eigenvalue weighted by Crippen LogP contribution is 1.99. The van der Waals surface area contributed by atoms with Gasteiger partial charge in [-0.1, -0.05) is 13.8 Å². The summed E-state index contributed by atoms with van der Waals surface area (Å²) in [6.45, 7) is 4.37. The molecule has 78 valence electrons. The molecule has 13 heavy (non-hydrogen) atoms. The molecule has 0 aliphatic rings. The maximum atomic E-state index is 11.2. The molecule has 1 amide bonds. The second-order valence-corrected chi connectivity index (χ2v) is 3.70. The summed E-state index contributed by atoms with van der Waals surface area (Å²) in [6, 6.07) is 0.00361. The van der Waals surface area contributed by atoms with E-state index >= 15 is 0 Å². The first-order chi connectivity index (χ1) is 5.99. The lowest BCUT2D eigenvalue weighted by atomic mass is 10.1. The van der Waals surface area contributed by atoms with Crippen LogP contribution in [0.25, 0.3) is 0 Å². The van der Waals surface area contributed by atoms with E-state index in [0.717, 1.165) is 0 Å². The Balaban J connectivity index is 3.79. The van der Waals surface area contributed by atoms with E-state index in [0.29, 0.717) is 5.92 Å². The van der Waals surface area contributed by atoms with Crippen molar-refractivity contribution in [3.8, 4) is 0 Å². The molecule has 1 atom stereocenters. The quantitative estimate of drug-likeness (QED) is 0.622. The zero-order valence-electron chi connectivity index (χ0n) is 8.87. The molecule has 0 aliphatic heterocycles. The summed E-state index contributed by atoms with van der Waals surface area (Å²) < 4.78 is 0. The molecular formula is C9H20N2O2. The molecule has 4 nitrogen and oxygen atoms in total. The van der Waals surface area contributed by atoms with Gasteiger partial charge in [0.05, 0.1) is 13.2 Å². The Morgan fingerprint density at radius 2 is 2.00 bits per heavy atom. The van der Waals surface area contributed by atoms with E-state index in [1.807, 2.05) is 13.8 Å². The van der Waals surface area contributed by atoms with E-state index in [-0.39, 0.29) is 25.1 Å². The Kier molecular flexibility index (Phi) is 5.66. The first-order valence-electron chi connectivity index (χ1n) is 4.53. The van der Waals surface area contributed by atoms with E-state index in [1.165, 1.54) is 4.90 Å². The van der Waals surface area contributed by atoms with Crippen molar-refractivity contribution in [1.29, 1.82) is 0 Å². The smallest absolute Gasteiger partial charge is 0.236 e. The molecule has 4 heteroatoms. The second-order valence-electron chi connectivity index (χ2n) is 3.70. The lowest BCUT2D eigenvalue weighted by Crippen LogP contribution is -2.43. The summed E-state index contributed by atoms with van der Waals surface area (Å²) in [5.41, 5.74) is 0. The Bertz CT molecular complexity index is 158. The standard InChI is InChI=1S/C9H20N2O2/c1-7(2)8(6-12)10-5-9(13)11(3)4/h7-8,10,12H,5-6H2,1-4H3. The summed E-state index contributed by atoms with van der Waals surface area (Å²) in [7, 11) is 3.43. The zero-order valence-corrected chi connectivity index (χ0v) is 8.87. The van der Waals surface area contributed by atoms with E-state index in [4.69, 9.17) is 5.11 Å². The van der Waals surface area contributed by atoms with Gasteiger partial charge in [0.1, 0.15) is 0 Å². The van der Waals surface area contributed by atoms with Crippen LogP contribution in [0.15, 0.2) is 0 Å². The summed E-state index contributed by atoms with van der Waals surface area (Å²) in [4.78, 5) is 12.7. The summed E-state index contributed by atoms with van der Waals surface area (Å²) in [5, 5.41) is 12.0. The SMILES string of the molecule is CC(C)C(CO)NCC(=O)N(C)C. The number of aliphatic hydroxyl groups is 1. The normalized spacial score (nSPS) is 13.1. The van der Waals surface area contributed by atoms with Crippen molar-refractivity contribution in [2.24, 2.45) is 5.92 Å². The zero-order chi connectivity index (χ0) is 10.4. The van der Waals surface area contributed by atoms with E-state index in [1.54, 1.807) is 14.1 Å². The molecule has 0 fully saturated rings. The lowest BCUT2D eigenvalue weighted by molar-refractivity contribution is -0.127. The predicted molar refractivity (Wildman–Crippen MR) is 52.4 cm³/mol. The fourth-order valence-corrected chi connectivity index (χ4v) is 0.888. The molecule has 0 aliphatic carbocycles. The molecule has 1 unspecified atom stereocenters. The van der Waals surface area contributed by atoms with Crippen LogP contribution in [-0.2, 0) is 4.79 Å². The van der Waals surface area contributed by atoms with E-state index < -0.39 is 0 Å². The molecular weight excluding hydrogens is 168 g/mol. The number of rotatable bonds is 5. The minimum Gasteiger partial charge on any atom is -0.395 e. The number of likely N-dealkylation sites (N-methyl/N-ethyl adjacent to an activating group) is 1. The first-order valence-corrected chi connectivity index (χ1v) is 4.53. The summed E-state index contributed by atoms with van der Waals surface area (Å²) in [5.74, 6) is 0.360. The number of nitrogens with zero attached hydrogens (tertiary/aromatic N) is 1. The van der Waals surface area contributed by atoms with Crippen molar-refractivity contribution in [3.05, 3.63) is 0 Å². The third-order valence-corrected chi connectivity index (χ3v) is 2.02. The second kappa shape index (κ2) is 5.94. The third kappa shape index (κ3) is 4.85. The Morgan fingerprint density at radius 3 is 2.31 bits per heavy atom. The number of hydrogen-bond donors (Lipinski definition) is 2. The van der Waals surface area contributed by atoms with Crippen LogP contribution >= 0.6 is 0 Å². The number of hydrogen-bond acceptors (Lipinski definition) is 3. The molecule has 0 saturated carbocycles. The number of aliphatic hydroxyl groups excluding tert-OH is 1. The molecule has 0 aromatic heterocycles. The fraction of sp³-hybridized carbons (Fsp3) is 0.889. The third-order valence-electron chi connectivity index (χ3n) is 2.02. The van der Waals surface area contributed by atoms with Crippen LogP contribution in [0.4, 0.5) is 0 Å². The van der Waals surface area contributed by atoms with Gasteiger partial charge in [-0.3, -0.25) is 4.79 Å². The molecule has 2 N–H and O–H groups in total. The van der Waals surface area contributed by atoms with E-state index in [9.17, 15) is 4.79 Å². The number of carbonyl (C=O) groups excluding carboxylic acids is 1. The van der Waals surface area contributed by atoms with Gasteiger partial charge in [-0.25, -0.2) is 0 Å². The number of amides is 1. The Hall–Kier alpha value is -0.610.